The number of aromatic amines is 1. The summed E-state index contributed by atoms with van der Waals surface area (Å²) in [6, 6.07) is 10.4. The van der Waals surface area contributed by atoms with Crippen LogP contribution in [0.3, 0.4) is 0 Å². The van der Waals surface area contributed by atoms with Crippen LogP contribution in [0.5, 0.6) is 0 Å². The van der Waals surface area contributed by atoms with Crippen molar-refractivity contribution >= 4 is 34.3 Å². The second-order valence-electron chi connectivity index (χ2n) is 21.8. The summed E-state index contributed by atoms with van der Waals surface area (Å²) < 4.78 is 7.59. The Kier molecular flexibility index (Phi) is 18.5. The predicted octanol–water partition coefficient (Wildman–Crippen LogP) is 10.4. The van der Waals surface area contributed by atoms with E-state index >= 15 is 0 Å². The van der Waals surface area contributed by atoms with Crippen LogP contribution in [0.2, 0.25) is 0 Å². The third-order valence-electron chi connectivity index (χ3n) is 9.31. The van der Waals surface area contributed by atoms with Crippen LogP contribution in [-0.2, 0) is 48.2 Å². The average Bonchev–Trinajstić information content (AvgIpc) is 3.97. The van der Waals surface area contributed by atoms with Gasteiger partial charge in [0, 0.05) is 83.3 Å². The summed E-state index contributed by atoms with van der Waals surface area (Å²) in [4.78, 5) is 8.58. The van der Waals surface area contributed by atoms with E-state index in [1.54, 1.807) is 33.1 Å². The van der Waals surface area contributed by atoms with Gasteiger partial charge in [-0.1, -0.05) is 137 Å². The molecule has 0 amide bonds. The quantitative estimate of drug-likeness (QED) is 0.150. The molecule has 0 saturated heterocycles. The summed E-state index contributed by atoms with van der Waals surface area (Å²) in [5.41, 5.74) is 6.78. The molecular formula is C48H80N13S+. The molecule has 342 valence electrons. The zero-order valence-electron chi connectivity index (χ0n) is 42.3. The molecule has 0 atom stereocenters. The van der Waals surface area contributed by atoms with Crippen molar-refractivity contribution in [3.05, 3.63) is 88.3 Å². The van der Waals surface area contributed by atoms with Crippen LogP contribution >= 0.6 is 11.3 Å². The normalized spacial score (nSPS) is 13.1. The smallest absolute Gasteiger partial charge is 0.282 e. The predicted molar refractivity (Wildman–Crippen MR) is 261 cm³/mol. The van der Waals surface area contributed by atoms with Gasteiger partial charge in [0.2, 0.25) is 0 Å². The Morgan fingerprint density at radius 2 is 1.31 bits per heavy atom. The number of nitrogens with zero attached hydrogens (tertiary/aromatic N) is 12. The first-order valence-corrected chi connectivity index (χ1v) is 22.3. The number of hydrogen-bond acceptors (Lipinski definition) is 9. The number of nitrogens with one attached hydrogen (secondary N) is 1. The largest absolute Gasteiger partial charge is 0.297 e. The van der Waals surface area contributed by atoms with E-state index in [0.717, 1.165) is 17.9 Å². The number of thiazole rings is 1. The number of benzene rings is 1. The zero-order valence-corrected chi connectivity index (χ0v) is 43.1. The Balaban J connectivity index is 0.000000258. The Labute approximate surface area is 377 Å². The maximum Gasteiger partial charge on any atom is 0.297 e. The van der Waals surface area contributed by atoms with Crippen molar-refractivity contribution in [1.29, 1.82) is 0 Å². The molecule has 0 radical (unpaired) electrons. The first kappa shape index (κ1) is 53.3. The summed E-state index contributed by atoms with van der Waals surface area (Å²) in [5, 5.41) is 31.4. The lowest BCUT2D eigenvalue weighted by Gasteiger charge is -2.16. The molecule has 0 spiro atoms. The molecule has 1 aliphatic heterocycles. The molecule has 0 fully saturated rings. The van der Waals surface area contributed by atoms with Gasteiger partial charge in [0.15, 0.2) is 6.54 Å². The SMILES string of the molecule is CC(C)(C)c1ccn[nH]1.CC(C)(C)c1nccs1.C[N+]1=CCN=C1C(C)(C)C.Cn1cc(C(C)(C)C)nn1.Cn1nc(C(C)(C)C)c2ccccc21.Cn1nncc1C(C)(C)C. The Morgan fingerprint density at radius 1 is 0.677 bits per heavy atom. The Morgan fingerprint density at radius 3 is 1.61 bits per heavy atom. The van der Waals surface area contributed by atoms with Crippen LogP contribution in [0, 0.1) is 5.41 Å². The van der Waals surface area contributed by atoms with Crippen molar-refractivity contribution < 1.29 is 4.58 Å². The van der Waals surface area contributed by atoms with Crippen molar-refractivity contribution in [2.75, 3.05) is 13.6 Å². The molecule has 1 aromatic carbocycles. The molecule has 14 heteroatoms. The van der Waals surface area contributed by atoms with Gasteiger partial charge >= 0.3 is 0 Å². The molecule has 0 saturated carbocycles. The number of aliphatic imine (C=N–C) groups is 1. The lowest BCUT2D eigenvalue weighted by Crippen LogP contribution is -2.27. The van der Waals surface area contributed by atoms with E-state index in [1.165, 1.54) is 33.1 Å². The average molecular weight is 871 g/mol. The third-order valence-corrected chi connectivity index (χ3v) is 10.5. The second kappa shape index (κ2) is 21.5. The number of aromatic nitrogens is 11. The molecule has 13 nitrogen and oxygen atoms in total. The van der Waals surface area contributed by atoms with E-state index in [2.05, 4.69) is 213 Å². The highest BCUT2D eigenvalue weighted by molar-refractivity contribution is 7.09. The van der Waals surface area contributed by atoms with Crippen molar-refractivity contribution in [2.45, 2.75) is 152 Å². The molecule has 62 heavy (non-hydrogen) atoms. The minimum Gasteiger partial charge on any atom is -0.282 e. The first-order valence-electron chi connectivity index (χ1n) is 21.4. The summed E-state index contributed by atoms with van der Waals surface area (Å²) in [7, 11) is 7.84. The standard InChI is InChI=1S/C12H16N2.C8H15N2.2C7H13N3.C7H12N2.C7H11NS/c1-12(2,3)11-9-7-5-6-8-10(9)14(4)13-11;1-8(2,3)7-9-5-6-10(7)4;1-7(2,3)6-5-10(4)9-8-6;1-7(2,3)6-5-8-9-10(6)4;1-7(2,3)6-4-5-8-9-6;1-7(2,3)6-8-4-5-9-6/h5-8H,1-4H3;6H,5H2,1-4H3;2*5H,1-4H3;4-5H,1-3H3,(H,8,9);4-5H,1-3H3/q;+1;;;;. The lowest BCUT2D eigenvalue weighted by atomic mass is 9.90. The lowest BCUT2D eigenvalue weighted by molar-refractivity contribution is -0.371. The second-order valence-corrected chi connectivity index (χ2v) is 22.7. The van der Waals surface area contributed by atoms with Gasteiger partial charge in [-0.25, -0.2) is 9.56 Å². The summed E-state index contributed by atoms with van der Waals surface area (Å²) in [6.45, 7) is 39.8. The van der Waals surface area contributed by atoms with Crippen LogP contribution in [-0.4, -0.2) is 85.2 Å². The van der Waals surface area contributed by atoms with Crippen LogP contribution in [0.25, 0.3) is 10.9 Å². The van der Waals surface area contributed by atoms with Crippen LogP contribution in [0.15, 0.2) is 65.5 Å². The number of amidine groups is 1. The van der Waals surface area contributed by atoms with Crippen molar-refractivity contribution in [1.82, 2.24) is 54.9 Å². The molecule has 0 bridgehead atoms. The maximum atomic E-state index is 4.58. The number of fused-ring (bicyclic) bond motifs is 1. The van der Waals surface area contributed by atoms with Gasteiger partial charge in [-0.2, -0.15) is 10.2 Å². The van der Waals surface area contributed by atoms with Gasteiger partial charge in [-0.15, -0.1) is 21.5 Å². The van der Waals surface area contributed by atoms with E-state index in [1.807, 2.05) is 49.7 Å². The molecular weight excluding hydrogens is 791 g/mol. The van der Waals surface area contributed by atoms with Crippen LogP contribution < -0.4 is 0 Å². The topological polar surface area (TPSA) is 136 Å². The zero-order chi connectivity index (χ0) is 47.5. The van der Waals surface area contributed by atoms with Gasteiger partial charge < -0.3 is 0 Å². The number of aryl methyl sites for hydroxylation is 3. The van der Waals surface area contributed by atoms with Crippen molar-refractivity contribution in [3.8, 4) is 0 Å². The van der Waals surface area contributed by atoms with Crippen LogP contribution in [0.1, 0.15) is 152 Å². The fourth-order valence-corrected chi connectivity index (χ4v) is 6.63. The summed E-state index contributed by atoms with van der Waals surface area (Å²) in [6.07, 6.45) is 9.48. The molecule has 5 aromatic heterocycles. The number of para-hydroxylation sites is 1. The fraction of sp³-hybridized carbons (Fsp3) is 0.604. The molecule has 1 aliphatic rings. The van der Waals surface area contributed by atoms with Crippen molar-refractivity contribution in [3.63, 3.8) is 0 Å². The third kappa shape index (κ3) is 17.1. The van der Waals surface area contributed by atoms with Gasteiger partial charge in [-0.05, 0) is 32.9 Å². The monoisotopic (exact) mass is 871 g/mol. The highest BCUT2D eigenvalue weighted by Gasteiger charge is 2.30. The van der Waals surface area contributed by atoms with Crippen molar-refractivity contribution in [2.24, 2.45) is 31.6 Å². The van der Waals surface area contributed by atoms with E-state index in [0.29, 0.717) is 0 Å². The van der Waals surface area contributed by atoms with E-state index in [-0.39, 0.29) is 32.5 Å². The van der Waals surface area contributed by atoms with Gasteiger partial charge in [-0.3, -0.25) is 19.1 Å². The van der Waals surface area contributed by atoms with E-state index < -0.39 is 0 Å². The minimum absolute atomic E-state index is 0.112. The highest BCUT2D eigenvalue weighted by Crippen LogP contribution is 2.28. The maximum absolute atomic E-state index is 4.58. The number of hydrogen-bond donors (Lipinski definition) is 1. The minimum atomic E-state index is 0.112. The van der Waals surface area contributed by atoms with E-state index in [4.69, 9.17) is 0 Å². The Bertz CT molecular complexity index is 2210. The molecule has 6 heterocycles. The van der Waals surface area contributed by atoms with Crippen LogP contribution in [0.4, 0.5) is 0 Å². The fourth-order valence-electron chi connectivity index (χ4n) is 5.91. The number of H-pyrrole nitrogens is 1. The Hall–Kier alpha value is -4.85. The highest BCUT2D eigenvalue weighted by atomic mass is 32.1. The molecule has 1 N–H and O–H groups in total. The summed E-state index contributed by atoms with van der Waals surface area (Å²) >= 11 is 1.72. The van der Waals surface area contributed by atoms with Gasteiger partial charge in [0.1, 0.15) is 6.21 Å². The van der Waals surface area contributed by atoms with Gasteiger partial charge in [0.05, 0.1) is 46.3 Å². The van der Waals surface area contributed by atoms with E-state index in [9.17, 15) is 0 Å². The first-order chi connectivity index (χ1) is 28.2. The molecule has 0 unspecified atom stereocenters. The molecule has 7 rings (SSSR count). The molecule has 0 aliphatic carbocycles. The summed E-state index contributed by atoms with van der Waals surface area (Å²) in [5.74, 6) is 1.19. The number of rotatable bonds is 0. The van der Waals surface area contributed by atoms with Gasteiger partial charge in [0.25, 0.3) is 5.84 Å². The molecule has 6 aromatic rings.